The number of rotatable bonds is 4. The molecule has 14 heteroatoms. The van der Waals surface area contributed by atoms with Crippen LogP contribution >= 0.6 is 11.6 Å². The monoisotopic (exact) mass is 554 g/mol. The smallest absolute Gasteiger partial charge is 0.339 e. The van der Waals surface area contributed by atoms with Gasteiger partial charge < -0.3 is 9.80 Å². The molecule has 194 valence electrons. The third-order valence-corrected chi connectivity index (χ3v) is 7.99. The number of fused-ring (bicyclic) bond motifs is 1. The van der Waals surface area contributed by atoms with Crippen molar-refractivity contribution in [3.05, 3.63) is 71.3 Å². The largest absolute Gasteiger partial charge is 0.410 e. The molecule has 1 unspecified atom stereocenters. The second kappa shape index (κ2) is 9.14. The Hall–Kier alpha value is -3.45. The molecule has 0 spiro atoms. The molecule has 0 saturated carbocycles. The highest BCUT2D eigenvalue weighted by Crippen LogP contribution is 2.39. The zero-order chi connectivity index (χ0) is 26.5. The Morgan fingerprint density at radius 3 is 2.35 bits per heavy atom. The minimum atomic E-state index is -4.73. The van der Waals surface area contributed by atoms with Crippen molar-refractivity contribution in [2.45, 2.75) is 24.0 Å². The molecule has 2 aromatic heterocycles. The van der Waals surface area contributed by atoms with Crippen LogP contribution in [0.3, 0.4) is 0 Å². The molecule has 3 heterocycles. The summed E-state index contributed by atoms with van der Waals surface area (Å²) in [4.78, 5) is 9.80. The molecule has 2 aromatic carbocycles. The van der Waals surface area contributed by atoms with E-state index < -0.39 is 34.6 Å². The highest BCUT2D eigenvalue weighted by atomic mass is 35.5. The molecular formula is C23H19ClF4N6O2S. The molecule has 4 aromatic rings. The Morgan fingerprint density at radius 2 is 1.70 bits per heavy atom. The normalized spacial score (nSPS) is 17.0. The fourth-order valence-electron chi connectivity index (χ4n) is 4.24. The van der Waals surface area contributed by atoms with E-state index in [-0.39, 0.29) is 45.7 Å². The minimum absolute atomic E-state index is 0.0434. The number of aromatic nitrogens is 4. The first-order valence-corrected chi connectivity index (χ1v) is 12.8. The van der Waals surface area contributed by atoms with Gasteiger partial charge in [-0.3, -0.25) is 0 Å². The highest BCUT2D eigenvalue weighted by molar-refractivity contribution is 7.90. The quantitative estimate of drug-likeness (QED) is 0.345. The van der Waals surface area contributed by atoms with Crippen LogP contribution in [0.5, 0.6) is 0 Å². The maximum absolute atomic E-state index is 14.3. The number of piperazine rings is 1. The van der Waals surface area contributed by atoms with E-state index in [1.54, 1.807) is 19.1 Å². The molecule has 0 aliphatic carbocycles. The standard InChI is InChI=1S/C23H19ClF4N6O2S/c1-14-5-7-16(8-6-14)37(35,36)34-18-4-2-3-17(24)20(18)21(31-34)33-10-9-32(13-19(33)23(26,27)28)22-29-11-15(25)12-30-22/h2-8,11-12,19H,9-10,13H2,1H3. The SMILES string of the molecule is Cc1ccc(S(=O)(=O)n2nc(N3CCN(c4ncc(F)cn4)CC3C(F)(F)F)c3c(Cl)cccc32)cc1. The number of hydrogen-bond acceptors (Lipinski definition) is 7. The average molecular weight is 555 g/mol. The number of nitrogens with zero attached hydrogens (tertiary/aromatic N) is 6. The first kappa shape index (κ1) is 25.2. The zero-order valence-electron chi connectivity index (χ0n) is 19.2. The number of benzene rings is 2. The molecule has 37 heavy (non-hydrogen) atoms. The first-order valence-electron chi connectivity index (χ1n) is 11.0. The maximum atomic E-state index is 14.3. The van der Waals surface area contributed by atoms with E-state index in [9.17, 15) is 26.0 Å². The highest BCUT2D eigenvalue weighted by Gasteiger charge is 2.48. The van der Waals surface area contributed by atoms with Crippen LogP contribution < -0.4 is 9.80 Å². The van der Waals surface area contributed by atoms with Gasteiger partial charge in [-0.25, -0.2) is 14.4 Å². The van der Waals surface area contributed by atoms with E-state index >= 15 is 0 Å². The van der Waals surface area contributed by atoms with Gasteiger partial charge in [0.15, 0.2) is 11.6 Å². The van der Waals surface area contributed by atoms with E-state index in [0.717, 1.165) is 26.9 Å². The number of hydrogen-bond donors (Lipinski definition) is 0. The molecule has 1 fully saturated rings. The predicted octanol–water partition coefficient (Wildman–Crippen LogP) is 4.42. The van der Waals surface area contributed by atoms with Crippen LogP contribution in [0, 0.1) is 12.7 Å². The predicted molar refractivity (Wildman–Crippen MR) is 130 cm³/mol. The fourth-order valence-corrected chi connectivity index (χ4v) is 5.77. The lowest BCUT2D eigenvalue weighted by Gasteiger charge is -2.42. The van der Waals surface area contributed by atoms with E-state index in [2.05, 4.69) is 15.1 Å². The van der Waals surface area contributed by atoms with Crippen LogP contribution in [0.1, 0.15) is 5.56 Å². The number of aryl methyl sites for hydroxylation is 1. The van der Waals surface area contributed by atoms with Gasteiger partial charge in [-0.15, -0.1) is 5.10 Å². The number of halogens is 5. The summed E-state index contributed by atoms with van der Waals surface area (Å²) < 4.78 is 83.8. The number of anilines is 2. The minimum Gasteiger partial charge on any atom is -0.339 e. The van der Waals surface area contributed by atoms with Crippen LogP contribution in [0.4, 0.5) is 29.3 Å². The van der Waals surface area contributed by atoms with E-state index in [4.69, 9.17) is 11.6 Å². The fraction of sp³-hybridized carbons (Fsp3) is 0.261. The maximum Gasteiger partial charge on any atom is 0.410 e. The van der Waals surface area contributed by atoms with Gasteiger partial charge in [0, 0.05) is 13.1 Å². The lowest BCUT2D eigenvalue weighted by Crippen LogP contribution is -2.60. The van der Waals surface area contributed by atoms with Crippen LogP contribution in [0.2, 0.25) is 5.02 Å². The third-order valence-electron chi connectivity index (χ3n) is 6.07. The van der Waals surface area contributed by atoms with Crippen molar-refractivity contribution in [1.82, 2.24) is 19.2 Å². The molecule has 0 N–H and O–H groups in total. The second-order valence-electron chi connectivity index (χ2n) is 8.52. The van der Waals surface area contributed by atoms with Crippen LogP contribution in [0.15, 0.2) is 59.8 Å². The summed E-state index contributed by atoms with van der Waals surface area (Å²) in [6, 6.07) is 8.34. The summed E-state index contributed by atoms with van der Waals surface area (Å²) >= 11 is 6.39. The summed E-state index contributed by atoms with van der Waals surface area (Å²) in [5.74, 6) is -0.972. The van der Waals surface area contributed by atoms with Crippen molar-refractivity contribution >= 4 is 44.3 Å². The molecule has 1 atom stereocenters. The second-order valence-corrected chi connectivity index (χ2v) is 10.7. The van der Waals surface area contributed by atoms with E-state index in [0.29, 0.717) is 0 Å². The van der Waals surface area contributed by atoms with Crippen LogP contribution in [-0.2, 0) is 10.0 Å². The Labute approximate surface area is 214 Å². The number of alkyl halides is 3. The molecule has 1 saturated heterocycles. The Kier molecular flexibility index (Phi) is 6.23. The molecular weight excluding hydrogens is 536 g/mol. The van der Waals surface area contributed by atoms with Gasteiger partial charge in [0.1, 0.15) is 6.04 Å². The molecule has 0 amide bonds. The van der Waals surface area contributed by atoms with Crippen LogP contribution in [0.25, 0.3) is 10.9 Å². The molecule has 1 aliphatic rings. The summed E-state index contributed by atoms with van der Waals surface area (Å²) in [5.41, 5.74) is 0.886. The van der Waals surface area contributed by atoms with Crippen molar-refractivity contribution in [1.29, 1.82) is 0 Å². The Morgan fingerprint density at radius 1 is 1.03 bits per heavy atom. The van der Waals surface area contributed by atoms with Gasteiger partial charge >= 0.3 is 6.18 Å². The van der Waals surface area contributed by atoms with Crippen molar-refractivity contribution < 1.29 is 26.0 Å². The molecule has 5 rings (SSSR count). The van der Waals surface area contributed by atoms with Crippen molar-refractivity contribution in [2.75, 3.05) is 29.4 Å². The third kappa shape index (κ3) is 4.57. The Bertz CT molecular complexity index is 1560. The van der Waals surface area contributed by atoms with Gasteiger partial charge in [-0.2, -0.15) is 25.7 Å². The molecule has 0 bridgehead atoms. The van der Waals surface area contributed by atoms with Crippen molar-refractivity contribution in [3.63, 3.8) is 0 Å². The van der Waals surface area contributed by atoms with Crippen molar-refractivity contribution in [3.8, 4) is 0 Å². The summed E-state index contributed by atoms with van der Waals surface area (Å²) in [6.07, 6.45) is -2.98. The Balaban J connectivity index is 1.62. The first-order chi connectivity index (χ1) is 17.5. The van der Waals surface area contributed by atoms with Gasteiger partial charge in [0.2, 0.25) is 5.95 Å². The zero-order valence-corrected chi connectivity index (χ0v) is 20.8. The van der Waals surface area contributed by atoms with E-state index in [1.165, 1.54) is 35.2 Å². The summed E-state index contributed by atoms with van der Waals surface area (Å²) in [7, 11) is -4.25. The molecule has 0 radical (unpaired) electrons. The van der Waals surface area contributed by atoms with Gasteiger partial charge in [-0.1, -0.05) is 35.4 Å². The van der Waals surface area contributed by atoms with Gasteiger partial charge in [-0.05, 0) is 31.2 Å². The molecule has 8 nitrogen and oxygen atoms in total. The lowest BCUT2D eigenvalue weighted by molar-refractivity contribution is -0.148. The summed E-state index contributed by atoms with van der Waals surface area (Å²) in [6.45, 7) is 1.05. The lowest BCUT2D eigenvalue weighted by atomic mass is 10.1. The van der Waals surface area contributed by atoms with Gasteiger partial charge in [0.25, 0.3) is 10.0 Å². The van der Waals surface area contributed by atoms with Crippen molar-refractivity contribution in [2.24, 2.45) is 0 Å². The van der Waals surface area contributed by atoms with Gasteiger partial charge in [0.05, 0.1) is 39.8 Å². The average Bonchev–Trinajstić information content (AvgIpc) is 3.26. The summed E-state index contributed by atoms with van der Waals surface area (Å²) in [5, 5.41) is 4.33. The topological polar surface area (TPSA) is 84.2 Å². The molecule has 1 aliphatic heterocycles. The van der Waals surface area contributed by atoms with Crippen LogP contribution in [-0.4, -0.2) is 59.4 Å². The van der Waals surface area contributed by atoms with E-state index in [1.807, 2.05) is 0 Å².